The van der Waals surface area contributed by atoms with E-state index in [0.717, 1.165) is 6.07 Å². The molecule has 0 aliphatic heterocycles. The predicted molar refractivity (Wildman–Crippen MR) is 107 cm³/mol. The van der Waals surface area contributed by atoms with E-state index in [0.29, 0.717) is 18.6 Å². The van der Waals surface area contributed by atoms with E-state index in [9.17, 15) is 13.2 Å². The molecule has 0 fully saturated rings. The Labute approximate surface area is 178 Å². The van der Waals surface area contributed by atoms with Gasteiger partial charge >= 0.3 is 16.7 Å². The lowest BCUT2D eigenvalue weighted by Crippen LogP contribution is -2.14. The molecule has 0 saturated heterocycles. The Hall–Kier alpha value is -2.59. The standard InChI is InChI=1S/C19H19ClF3NO2.HNO2S/c1-2-6-18(16-13-14(20)9-10-17(16)19(21,22)23)24-26-12-11-25-15-7-4-3-5-8-15;1-4(2)3/h3-5,7-10,13H,2,6,11-12H2,1H3;1H/b24-18+;. The Balaban J connectivity index is 0.00000103. The van der Waals surface area contributed by atoms with Gasteiger partial charge in [0.25, 0.3) is 0 Å². The first-order valence-electron chi connectivity index (χ1n) is 8.69. The number of hydrogen-bond donors (Lipinski definition) is 1. The van der Waals surface area contributed by atoms with Crippen LogP contribution in [-0.2, 0) is 21.5 Å². The van der Waals surface area contributed by atoms with Gasteiger partial charge in [-0.2, -0.15) is 26.4 Å². The summed E-state index contributed by atoms with van der Waals surface area (Å²) in [6.07, 6.45) is -3.54. The lowest BCUT2D eigenvalue weighted by atomic mass is 9.99. The molecule has 1 N–H and O–H groups in total. The Bertz CT molecular complexity index is 930. The van der Waals surface area contributed by atoms with Crippen molar-refractivity contribution in [2.75, 3.05) is 13.2 Å². The van der Waals surface area contributed by atoms with Crippen molar-refractivity contribution in [1.29, 1.82) is 4.78 Å². The lowest BCUT2D eigenvalue weighted by Gasteiger charge is -2.14. The van der Waals surface area contributed by atoms with E-state index >= 15 is 0 Å². The topological polar surface area (TPSA) is 88.8 Å². The highest BCUT2D eigenvalue weighted by atomic mass is 35.5. The molecule has 0 saturated carbocycles. The number of oxime groups is 1. The minimum absolute atomic E-state index is 0.0594. The van der Waals surface area contributed by atoms with Crippen molar-refractivity contribution in [1.82, 2.24) is 0 Å². The fraction of sp³-hybridized carbons (Fsp3) is 0.316. The van der Waals surface area contributed by atoms with E-state index < -0.39 is 22.2 Å². The van der Waals surface area contributed by atoms with Crippen molar-refractivity contribution in [2.45, 2.75) is 25.9 Å². The monoisotopic (exact) mass is 464 g/mol. The molecule has 30 heavy (non-hydrogen) atoms. The van der Waals surface area contributed by atoms with E-state index in [1.807, 2.05) is 25.1 Å². The molecule has 11 heteroatoms. The molecule has 0 unspecified atom stereocenters. The van der Waals surface area contributed by atoms with Gasteiger partial charge in [0.1, 0.15) is 12.4 Å². The largest absolute Gasteiger partial charge is 0.490 e. The Morgan fingerprint density at radius 1 is 1.13 bits per heavy atom. The van der Waals surface area contributed by atoms with Crippen LogP contribution in [0.5, 0.6) is 5.75 Å². The zero-order valence-electron chi connectivity index (χ0n) is 15.9. The summed E-state index contributed by atoms with van der Waals surface area (Å²) in [5.41, 5.74) is -0.629. The van der Waals surface area contributed by atoms with Crippen LogP contribution in [-0.4, -0.2) is 27.3 Å². The van der Waals surface area contributed by atoms with Crippen LogP contribution in [0.4, 0.5) is 13.2 Å². The number of rotatable bonds is 8. The molecule has 0 bridgehead atoms. The zero-order valence-corrected chi connectivity index (χ0v) is 17.5. The summed E-state index contributed by atoms with van der Waals surface area (Å²) in [5, 5.41) is 4.12. The molecule has 2 rings (SSSR count). The molecule has 164 valence electrons. The fourth-order valence-electron chi connectivity index (χ4n) is 2.31. The second-order valence-corrected chi connectivity index (χ2v) is 6.61. The van der Waals surface area contributed by atoms with Crippen molar-refractivity contribution in [3.8, 4) is 5.75 Å². The number of hydrogen-bond acceptors (Lipinski definition) is 6. The third kappa shape index (κ3) is 9.75. The van der Waals surface area contributed by atoms with Gasteiger partial charge in [0.2, 0.25) is 0 Å². The maximum absolute atomic E-state index is 13.3. The maximum atomic E-state index is 13.3. The summed E-state index contributed by atoms with van der Waals surface area (Å²) < 4.78 is 68.0. The van der Waals surface area contributed by atoms with E-state index in [-0.39, 0.29) is 29.5 Å². The highest BCUT2D eigenvalue weighted by Gasteiger charge is 2.34. The first-order chi connectivity index (χ1) is 14.1. The van der Waals surface area contributed by atoms with Gasteiger partial charge in [-0.1, -0.05) is 48.3 Å². The van der Waals surface area contributed by atoms with Crippen LogP contribution in [0, 0.1) is 4.78 Å². The number of alkyl halides is 3. The van der Waals surface area contributed by atoms with Crippen molar-refractivity contribution in [2.24, 2.45) is 5.16 Å². The van der Waals surface area contributed by atoms with Crippen LogP contribution in [0.25, 0.3) is 0 Å². The van der Waals surface area contributed by atoms with Gasteiger partial charge < -0.3 is 9.57 Å². The van der Waals surface area contributed by atoms with Crippen molar-refractivity contribution in [3.05, 3.63) is 64.7 Å². The van der Waals surface area contributed by atoms with Gasteiger partial charge in [-0.15, -0.1) is 0 Å². The molecule has 2 aromatic rings. The van der Waals surface area contributed by atoms with Gasteiger partial charge in [-0.05, 0) is 36.8 Å². The van der Waals surface area contributed by atoms with Crippen LogP contribution in [0.1, 0.15) is 30.9 Å². The second kappa shape index (κ2) is 12.9. The van der Waals surface area contributed by atoms with Crippen molar-refractivity contribution >= 4 is 27.8 Å². The normalized spacial score (nSPS) is 11.3. The molecule has 0 aromatic heterocycles. The first kappa shape index (κ1) is 25.4. The summed E-state index contributed by atoms with van der Waals surface area (Å²) in [7, 11) is -2.61. The summed E-state index contributed by atoms with van der Waals surface area (Å²) in [5.74, 6) is 0.683. The Kier molecular flexibility index (Phi) is 10.9. The molecule has 0 spiro atoms. The van der Waals surface area contributed by atoms with Crippen LogP contribution >= 0.6 is 11.6 Å². The van der Waals surface area contributed by atoms with Gasteiger partial charge in [0.15, 0.2) is 6.61 Å². The number of para-hydroxylation sites is 1. The molecule has 6 nitrogen and oxygen atoms in total. The minimum atomic E-state index is -4.50. The second-order valence-electron chi connectivity index (χ2n) is 5.71. The molecule has 0 atom stereocenters. The number of nitrogens with zero attached hydrogens (tertiary/aromatic N) is 1. The first-order valence-corrected chi connectivity index (χ1v) is 10.1. The van der Waals surface area contributed by atoms with E-state index in [2.05, 4.69) is 5.16 Å². The van der Waals surface area contributed by atoms with Crippen LogP contribution in [0.15, 0.2) is 53.7 Å². The summed E-state index contributed by atoms with van der Waals surface area (Å²) >= 11 is 5.88. The Morgan fingerprint density at radius 3 is 2.33 bits per heavy atom. The zero-order chi connectivity index (χ0) is 22.6. The highest BCUT2D eigenvalue weighted by Crippen LogP contribution is 2.34. The summed E-state index contributed by atoms with van der Waals surface area (Å²) in [6, 6.07) is 12.6. The predicted octanol–water partition coefficient (Wildman–Crippen LogP) is 5.59. The van der Waals surface area contributed by atoms with Gasteiger partial charge in [-0.25, -0.2) is 0 Å². The molecule has 0 aliphatic carbocycles. The average molecular weight is 465 g/mol. The SMILES string of the molecule is CCC/C(=N\OCCOc1ccccc1)c1cc(Cl)ccc1C(F)(F)F.N=S(=O)=O. The quantitative estimate of drug-likeness (QED) is 0.313. The van der Waals surface area contributed by atoms with E-state index in [1.54, 1.807) is 12.1 Å². The third-order valence-corrected chi connectivity index (χ3v) is 3.68. The minimum Gasteiger partial charge on any atom is -0.490 e. The van der Waals surface area contributed by atoms with Gasteiger partial charge in [0, 0.05) is 10.6 Å². The molecule has 0 heterocycles. The lowest BCUT2D eigenvalue weighted by molar-refractivity contribution is -0.137. The maximum Gasteiger partial charge on any atom is 0.417 e. The van der Waals surface area contributed by atoms with Crippen molar-refractivity contribution < 1.29 is 31.2 Å². The summed E-state index contributed by atoms with van der Waals surface area (Å²) in [4.78, 5) is 5.18. The van der Waals surface area contributed by atoms with Gasteiger partial charge in [-0.3, -0.25) is 0 Å². The Morgan fingerprint density at radius 2 is 1.77 bits per heavy atom. The number of halogens is 4. The van der Waals surface area contributed by atoms with E-state index in [4.69, 9.17) is 34.4 Å². The third-order valence-electron chi connectivity index (χ3n) is 3.45. The molecular weight excluding hydrogens is 445 g/mol. The van der Waals surface area contributed by atoms with Crippen molar-refractivity contribution in [3.63, 3.8) is 0 Å². The average Bonchev–Trinajstić information content (AvgIpc) is 2.66. The van der Waals surface area contributed by atoms with Crippen LogP contribution in [0.3, 0.4) is 0 Å². The number of ether oxygens (including phenoxy) is 1. The van der Waals surface area contributed by atoms with E-state index in [1.165, 1.54) is 12.1 Å². The number of benzene rings is 2. The smallest absolute Gasteiger partial charge is 0.417 e. The van der Waals surface area contributed by atoms with Crippen LogP contribution < -0.4 is 4.74 Å². The molecule has 2 aromatic carbocycles. The summed E-state index contributed by atoms with van der Waals surface area (Å²) in [6.45, 7) is 2.20. The molecule has 0 amide bonds. The fourth-order valence-corrected chi connectivity index (χ4v) is 2.48. The number of nitrogens with one attached hydrogen (secondary N) is 1. The molecular formula is C19H20ClF3N2O4S. The molecule has 0 radical (unpaired) electrons. The molecule has 0 aliphatic rings. The van der Waals surface area contributed by atoms with Gasteiger partial charge in [0.05, 0.1) is 11.3 Å². The van der Waals surface area contributed by atoms with Crippen LogP contribution in [0.2, 0.25) is 5.02 Å². The highest BCUT2D eigenvalue weighted by molar-refractivity contribution is 7.60.